The van der Waals surface area contributed by atoms with Crippen LogP contribution in [0.2, 0.25) is 0 Å². The summed E-state index contributed by atoms with van der Waals surface area (Å²) in [5.41, 5.74) is 0.0957. The van der Waals surface area contributed by atoms with Gasteiger partial charge in [-0.05, 0) is 84.0 Å². The Hall–Kier alpha value is -1.85. The lowest BCUT2D eigenvalue weighted by Crippen LogP contribution is -2.55. The fourth-order valence-corrected chi connectivity index (χ4v) is 6.14. The molecule has 6 heteroatoms. The first-order valence-electron chi connectivity index (χ1n) is 10.8. The van der Waals surface area contributed by atoms with Crippen molar-refractivity contribution in [1.82, 2.24) is 15.2 Å². The number of hydrogen-bond acceptors (Lipinski definition) is 4. The molecule has 0 unspecified atom stereocenters. The molecule has 0 aromatic carbocycles. The Kier molecular flexibility index (Phi) is 5.00. The van der Waals surface area contributed by atoms with Gasteiger partial charge in [0.25, 0.3) is 5.91 Å². The molecule has 4 aliphatic rings. The molecule has 4 aliphatic carbocycles. The average molecular weight is 388 g/mol. The molecule has 4 fully saturated rings. The Morgan fingerprint density at radius 2 is 1.71 bits per heavy atom. The van der Waals surface area contributed by atoms with E-state index in [-0.39, 0.29) is 35.0 Å². The van der Waals surface area contributed by atoms with Crippen LogP contribution in [0.5, 0.6) is 0 Å². The quantitative estimate of drug-likeness (QED) is 0.806. The number of nitrogens with zero attached hydrogens (tertiary/aromatic N) is 2. The van der Waals surface area contributed by atoms with Gasteiger partial charge in [-0.25, -0.2) is 4.98 Å². The number of hydrogen-bond donors (Lipinski definition) is 1. The minimum Gasteiger partial charge on any atom is -0.446 e. The van der Waals surface area contributed by atoms with Crippen LogP contribution < -0.4 is 5.32 Å². The van der Waals surface area contributed by atoms with E-state index in [1.807, 2.05) is 32.6 Å². The van der Waals surface area contributed by atoms with Crippen molar-refractivity contribution < 1.29 is 14.0 Å². The summed E-state index contributed by atoms with van der Waals surface area (Å²) in [6, 6.07) is 0.109. The minimum atomic E-state index is -0.242. The van der Waals surface area contributed by atoms with Crippen molar-refractivity contribution >= 4 is 11.8 Å². The second kappa shape index (κ2) is 7.20. The van der Waals surface area contributed by atoms with E-state index in [9.17, 15) is 9.59 Å². The second-order valence-electron chi connectivity index (χ2n) is 9.98. The van der Waals surface area contributed by atoms with Gasteiger partial charge in [0.1, 0.15) is 6.26 Å². The predicted molar refractivity (Wildman–Crippen MR) is 105 cm³/mol. The van der Waals surface area contributed by atoms with E-state index < -0.39 is 0 Å². The van der Waals surface area contributed by atoms with Crippen molar-refractivity contribution in [1.29, 1.82) is 0 Å². The highest BCUT2D eigenvalue weighted by Crippen LogP contribution is 2.60. The molecule has 0 radical (unpaired) electrons. The predicted octanol–water partition coefficient (Wildman–Crippen LogP) is 3.77. The molecular formula is C22H33N3O3. The Morgan fingerprint density at radius 3 is 2.21 bits per heavy atom. The molecule has 0 aliphatic heterocycles. The monoisotopic (exact) mass is 387 g/mol. The number of aromatic nitrogens is 1. The molecular weight excluding hydrogens is 354 g/mol. The molecule has 0 spiro atoms. The second-order valence-corrected chi connectivity index (χ2v) is 9.98. The van der Waals surface area contributed by atoms with Gasteiger partial charge in [-0.3, -0.25) is 9.59 Å². The van der Waals surface area contributed by atoms with Crippen LogP contribution in [0.25, 0.3) is 0 Å². The molecule has 4 bridgehead atoms. The molecule has 2 amide bonds. The number of carbonyl (C=O) groups is 2. The maximum Gasteiger partial charge on any atom is 0.273 e. The lowest BCUT2D eigenvalue weighted by molar-refractivity contribution is -0.160. The maximum absolute atomic E-state index is 13.7. The number of carbonyl (C=O) groups excluding carboxylic acids is 2. The normalized spacial score (nSPS) is 30.9. The summed E-state index contributed by atoms with van der Waals surface area (Å²) in [6.07, 6.45) is 8.51. The van der Waals surface area contributed by atoms with Gasteiger partial charge < -0.3 is 14.6 Å². The lowest BCUT2D eigenvalue weighted by Gasteiger charge is -2.56. The van der Waals surface area contributed by atoms with Crippen molar-refractivity contribution in [2.75, 3.05) is 0 Å². The zero-order chi connectivity index (χ0) is 20.1. The Labute approximate surface area is 167 Å². The van der Waals surface area contributed by atoms with Crippen molar-refractivity contribution in [3.63, 3.8) is 0 Å². The van der Waals surface area contributed by atoms with E-state index in [1.54, 1.807) is 0 Å². The van der Waals surface area contributed by atoms with E-state index in [0.29, 0.717) is 12.4 Å². The van der Waals surface area contributed by atoms with Crippen LogP contribution in [0.15, 0.2) is 10.7 Å². The third kappa shape index (κ3) is 3.58. The molecule has 28 heavy (non-hydrogen) atoms. The first-order valence-corrected chi connectivity index (χ1v) is 10.8. The third-order valence-corrected chi connectivity index (χ3v) is 6.89. The van der Waals surface area contributed by atoms with Crippen LogP contribution in [-0.2, 0) is 11.3 Å². The Bertz CT molecular complexity index is 717. The molecule has 1 aromatic heterocycles. The number of amides is 2. The SMILES string of the molecule is CC(C)NC(=O)c1coc(CN(C(=O)C23CC4CC(CC(C4)C2)C3)C(C)C)n1. The molecule has 154 valence electrons. The van der Waals surface area contributed by atoms with Crippen molar-refractivity contribution in [3.05, 3.63) is 17.8 Å². The molecule has 0 saturated heterocycles. The maximum atomic E-state index is 13.7. The molecule has 1 aromatic rings. The molecule has 1 N–H and O–H groups in total. The van der Waals surface area contributed by atoms with Crippen molar-refractivity contribution in [2.24, 2.45) is 23.2 Å². The molecule has 1 heterocycles. The van der Waals surface area contributed by atoms with E-state index in [4.69, 9.17) is 4.42 Å². The van der Waals surface area contributed by atoms with Crippen LogP contribution in [0, 0.1) is 23.2 Å². The topological polar surface area (TPSA) is 75.4 Å². The summed E-state index contributed by atoms with van der Waals surface area (Å²) in [5, 5.41) is 2.82. The highest BCUT2D eigenvalue weighted by atomic mass is 16.3. The van der Waals surface area contributed by atoms with E-state index in [2.05, 4.69) is 10.3 Å². The van der Waals surface area contributed by atoms with Gasteiger partial charge in [-0.1, -0.05) is 0 Å². The van der Waals surface area contributed by atoms with Crippen molar-refractivity contribution in [2.45, 2.75) is 84.8 Å². The number of nitrogens with one attached hydrogen (secondary N) is 1. The third-order valence-electron chi connectivity index (χ3n) is 6.89. The highest BCUT2D eigenvalue weighted by molar-refractivity contribution is 5.92. The summed E-state index contributed by atoms with van der Waals surface area (Å²) < 4.78 is 5.55. The van der Waals surface area contributed by atoms with Gasteiger partial charge in [-0.15, -0.1) is 0 Å². The molecule has 4 saturated carbocycles. The van der Waals surface area contributed by atoms with Crippen molar-refractivity contribution in [3.8, 4) is 0 Å². The van der Waals surface area contributed by atoms with Crippen LogP contribution in [0.1, 0.15) is 82.6 Å². The first kappa shape index (κ1) is 19.5. The van der Waals surface area contributed by atoms with E-state index in [1.165, 1.54) is 25.5 Å². The van der Waals surface area contributed by atoms with Crippen LogP contribution >= 0.6 is 0 Å². The molecule has 6 nitrogen and oxygen atoms in total. The van der Waals surface area contributed by atoms with Crippen LogP contribution in [0.3, 0.4) is 0 Å². The summed E-state index contributed by atoms with van der Waals surface area (Å²) in [6.45, 7) is 8.24. The minimum absolute atomic E-state index is 0.0393. The fourth-order valence-electron chi connectivity index (χ4n) is 6.14. The van der Waals surface area contributed by atoms with Crippen LogP contribution in [-0.4, -0.2) is 33.8 Å². The largest absolute Gasteiger partial charge is 0.446 e. The lowest BCUT2D eigenvalue weighted by atomic mass is 9.49. The smallest absolute Gasteiger partial charge is 0.273 e. The number of oxazole rings is 1. The Balaban J connectivity index is 1.50. The van der Waals surface area contributed by atoms with E-state index in [0.717, 1.165) is 37.0 Å². The van der Waals surface area contributed by atoms with Gasteiger partial charge >= 0.3 is 0 Å². The molecule has 5 rings (SSSR count). The Morgan fingerprint density at radius 1 is 1.14 bits per heavy atom. The molecule has 0 atom stereocenters. The van der Waals surface area contributed by atoms with Gasteiger partial charge in [0.15, 0.2) is 5.69 Å². The van der Waals surface area contributed by atoms with Gasteiger partial charge in [0.05, 0.1) is 12.0 Å². The van der Waals surface area contributed by atoms with Gasteiger partial charge in [-0.2, -0.15) is 0 Å². The first-order chi connectivity index (χ1) is 13.3. The standard InChI is InChI=1S/C22H33N3O3/c1-13(2)23-20(26)18-12-28-19(24-18)11-25(14(3)4)21(27)22-8-15-5-16(9-22)7-17(6-15)10-22/h12-17H,5-11H2,1-4H3,(H,23,26). The van der Waals surface area contributed by atoms with Crippen LogP contribution in [0.4, 0.5) is 0 Å². The zero-order valence-electron chi connectivity index (χ0n) is 17.5. The van der Waals surface area contributed by atoms with Gasteiger partial charge in [0, 0.05) is 12.1 Å². The average Bonchev–Trinajstić information content (AvgIpc) is 3.06. The zero-order valence-corrected chi connectivity index (χ0v) is 17.5. The highest BCUT2D eigenvalue weighted by Gasteiger charge is 2.55. The van der Waals surface area contributed by atoms with E-state index >= 15 is 0 Å². The summed E-state index contributed by atoms with van der Waals surface area (Å²) >= 11 is 0. The summed E-state index contributed by atoms with van der Waals surface area (Å²) in [7, 11) is 0. The van der Waals surface area contributed by atoms with Gasteiger partial charge in [0.2, 0.25) is 11.8 Å². The fraction of sp³-hybridized carbons (Fsp3) is 0.773. The number of rotatable bonds is 6. The summed E-state index contributed by atoms with van der Waals surface area (Å²) in [4.78, 5) is 32.1. The summed E-state index contributed by atoms with van der Waals surface area (Å²) in [5.74, 6) is 2.66.